The van der Waals surface area contributed by atoms with Gasteiger partial charge in [0, 0.05) is 11.9 Å². The Kier molecular flexibility index (Phi) is 3.96. The smallest absolute Gasteiger partial charge is 0.313 e. The van der Waals surface area contributed by atoms with Gasteiger partial charge in [0.15, 0.2) is 12.6 Å². The number of anilines is 1. The van der Waals surface area contributed by atoms with Gasteiger partial charge in [-0.25, -0.2) is 0 Å². The largest absolute Gasteiger partial charge is 0.442 e. The van der Waals surface area contributed by atoms with E-state index in [1.54, 1.807) is 20.8 Å². The van der Waals surface area contributed by atoms with Crippen LogP contribution in [0.15, 0.2) is 30.5 Å². The van der Waals surface area contributed by atoms with Crippen molar-refractivity contribution in [2.45, 2.75) is 34.0 Å². The van der Waals surface area contributed by atoms with Gasteiger partial charge in [0.1, 0.15) is 0 Å². The third-order valence-corrected chi connectivity index (χ3v) is 3.65. The Bertz CT molecular complexity index is 874. The molecule has 3 rings (SSSR count). The highest BCUT2D eigenvalue weighted by molar-refractivity contribution is 5.83. The van der Waals surface area contributed by atoms with Gasteiger partial charge < -0.3 is 15.0 Å². The summed E-state index contributed by atoms with van der Waals surface area (Å²) in [6.07, 6.45) is 1.95. The van der Waals surface area contributed by atoms with Gasteiger partial charge in [0.2, 0.25) is 0 Å². The molecule has 0 aliphatic carbocycles. The molecule has 0 aliphatic rings. The van der Waals surface area contributed by atoms with E-state index in [4.69, 9.17) is 10.5 Å². The zero-order valence-corrected chi connectivity index (χ0v) is 13.9. The maximum absolute atomic E-state index is 11.9. The third-order valence-electron chi connectivity index (χ3n) is 3.65. The number of nitrogens with two attached hydrogens (primary N) is 1. The highest BCUT2D eigenvalue weighted by Crippen LogP contribution is 2.20. The number of hydrogen-bond donors (Lipinski definition) is 1. The van der Waals surface area contributed by atoms with Crippen LogP contribution >= 0.6 is 0 Å². The molecule has 126 valence electrons. The van der Waals surface area contributed by atoms with Crippen LogP contribution in [0.3, 0.4) is 0 Å². The van der Waals surface area contributed by atoms with Gasteiger partial charge in [-0.1, -0.05) is 6.07 Å². The Morgan fingerprint density at radius 2 is 2.08 bits per heavy atom. The van der Waals surface area contributed by atoms with Gasteiger partial charge in [0.05, 0.1) is 17.5 Å². The van der Waals surface area contributed by atoms with E-state index in [9.17, 15) is 4.79 Å². The molecule has 2 N–H and O–H groups in total. The molecule has 8 heteroatoms. The van der Waals surface area contributed by atoms with E-state index in [1.807, 2.05) is 35.0 Å². The number of carbonyl (C=O) groups excluding carboxylic acids is 1. The average molecular weight is 328 g/mol. The van der Waals surface area contributed by atoms with Crippen LogP contribution in [0.25, 0.3) is 10.9 Å². The minimum atomic E-state index is -0.567. The molecule has 0 aliphatic heterocycles. The molecule has 1 aromatic carbocycles. The number of aromatic nitrogens is 5. The number of fused-ring (bicyclic) bond motifs is 1. The van der Waals surface area contributed by atoms with E-state index in [-0.39, 0.29) is 12.7 Å². The fourth-order valence-electron chi connectivity index (χ4n) is 2.26. The predicted molar refractivity (Wildman–Crippen MR) is 88.8 cm³/mol. The molecule has 24 heavy (non-hydrogen) atoms. The van der Waals surface area contributed by atoms with Crippen LogP contribution < -0.4 is 5.73 Å². The second kappa shape index (κ2) is 5.95. The van der Waals surface area contributed by atoms with Crippen LogP contribution in [0.4, 0.5) is 5.69 Å². The summed E-state index contributed by atoms with van der Waals surface area (Å²) < 4.78 is 8.74. The second-order valence-corrected chi connectivity index (χ2v) is 6.67. The number of tetrazole rings is 1. The second-order valence-electron chi connectivity index (χ2n) is 6.67. The van der Waals surface area contributed by atoms with Crippen LogP contribution in [0.1, 0.15) is 26.6 Å². The zero-order chi connectivity index (χ0) is 17.3. The topological polar surface area (TPSA) is 101 Å². The molecule has 0 radical (unpaired) electrons. The summed E-state index contributed by atoms with van der Waals surface area (Å²) in [4.78, 5) is 11.9. The first-order chi connectivity index (χ1) is 11.3. The number of carbonyl (C=O) groups is 1. The maximum Gasteiger partial charge on any atom is 0.313 e. The monoisotopic (exact) mass is 328 g/mol. The quantitative estimate of drug-likeness (QED) is 0.579. The third kappa shape index (κ3) is 3.22. The van der Waals surface area contributed by atoms with E-state index in [1.165, 1.54) is 4.68 Å². The molecule has 0 spiro atoms. The Morgan fingerprint density at radius 1 is 1.29 bits per heavy atom. The summed E-state index contributed by atoms with van der Waals surface area (Å²) >= 11 is 0. The molecule has 8 nitrogen and oxygen atoms in total. The summed E-state index contributed by atoms with van der Waals surface area (Å²) in [6.45, 7) is 5.83. The molecular weight excluding hydrogens is 308 g/mol. The number of rotatable bonds is 4. The first-order valence-corrected chi connectivity index (χ1v) is 7.61. The molecule has 0 unspecified atom stereocenters. The summed E-state index contributed by atoms with van der Waals surface area (Å²) in [6, 6.07) is 7.74. The molecule has 0 fully saturated rings. The molecule has 3 aromatic rings. The number of hydrogen-bond acceptors (Lipinski definition) is 6. The number of nitrogens with zero attached hydrogens (tertiary/aromatic N) is 5. The van der Waals surface area contributed by atoms with Crippen molar-refractivity contribution in [1.29, 1.82) is 0 Å². The van der Waals surface area contributed by atoms with E-state index in [0.717, 1.165) is 10.9 Å². The van der Waals surface area contributed by atoms with Gasteiger partial charge >= 0.3 is 5.97 Å². The van der Waals surface area contributed by atoms with Crippen molar-refractivity contribution in [2.75, 3.05) is 5.73 Å². The number of esters is 1. The van der Waals surface area contributed by atoms with Gasteiger partial charge in [-0.15, -0.1) is 5.10 Å². The van der Waals surface area contributed by atoms with Crippen molar-refractivity contribution in [3.05, 3.63) is 36.3 Å². The van der Waals surface area contributed by atoms with Crippen LogP contribution in [-0.4, -0.2) is 30.7 Å². The highest BCUT2D eigenvalue weighted by Gasteiger charge is 2.23. The lowest BCUT2D eigenvalue weighted by Gasteiger charge is -2.16. The normalized spacial score (nSPS) is 11.8. The fraction of sp³-hybridized carbons (Fsp3) is 0.375. The van der Waals surface area contributed by atoms with Crippen molar-refractivity contribution in [3.8, 4) is 0 Å². The molecule has 0 amide bonds. The zero-order valence-electron chi connectivity index (χ0n) is 13.9. The standard InChI is InChI=1S/C16H20N6O2/c1-16(2,3)15(23)24-10-22-14(18-19-20-22)9-21-7-6-11-4-5-12(17)8-13(11)21/h4-8H,9-10,17H2,1-3H3. The van der Waals surface area contributed by atoms with E-state index < -0.39 is 5.41 Å². The number of ether oxygens (including phenoxy) is 1. The maximum atomic E-state index is 11.9. The Labute approximate surface area is 139 Å². The molecule has 0 bridgehead atoms. The van der Waals surface area contributed by atoms with Crippen molar-refractivity contribution >= 4 is 22.6 Å². The minimum absolute atomic E-state index is 0.0141. The van der Waals surface area contributed by atoms with Gasteiger partial charge in [0.25, 0.3) is 0 Å². The Hall–Kier alpha value is -2.90. The van der Waals surface area contributed by atoms with E-state index in [0.29, 0.717) is 18.1 Å². The number of benzene rings is 1. The Morgan fingerprint density at radius 3 is 2.83 bits per heavy atom. The van der Waals surface area contributed by atoms with Crippen LogP contribution in [-0.2, 0) is 22.8 Å². The lowest BCUT2D eigenvalue weighted by Crippen LogP contribution is -2.25. The molecule has 2 aromatic heterocycles. The summed E-state index contributed by atoms with van der Waals surface area (Å²) in [7, 11) is 0. The van der Waals surface area contributed by atoms with Crippen LogP contribution in [0, 0.1) is 5.41 Å². The van der Waals surface area contributed by atoms with E-state index in [2.05, 4.69) is 15.5 Å². The summed E-state index contributed by atoms with van der Waals surface area (Å²) in [5.41, 5.74) is 6.99. The van der Waals surface area contributed by atoms with Crippen molar-refractivity contribution in [1.82, 2.24) is 24.8 Å². The van der Waals surface area contributed by atoms with Crippen molar-refractivity contribution in [3.63, 3.8) is 0 Å². The molecule has 0 atom stereocenters. The van der Waals surface area contributed by atoms with Crippen molar-refractivity contribution < 1.29 is 9.53 Å². The van der Waals surface area contributed by atoms with Gasteiger partial charge in [-0.2, -0.15) is 4.68 Å². The SMILES string of the molecule is CC(C)(C)C(=O)OCn1nnnc1Cn1ccc2ccc(N)cc21. The molecule has 0 saturated heterocycles. The van der Waals surface area contributed by atoms with Crippen molar-refractivity contribution in [2.24, 2.45) is 5.41 Å². The summed E-state index contributed by atoms with van der Waals surface area (Å²) in [5.74, 6) is 0.291. The predicted octanol–water partition coefficient (Wildman–Crippen LogP) is 1.81. The number of nitrogen functional groups attached to an aromatic ring is 1. The minimum Gasteiger partial charge on any atom is -0.442 e. The summed E-state index contributed by atoms with van der Waals surface area (Å²) in [5, 5.41) is 12.7. The fourth-order valence-corrected chi connectivity index (χ4v) is 2.26. The van der Waals surface area contributed by atoms with Crippen LogP contribution in [0.2, 0.25) is 0 Å². The molecule has 0 saturated carbocycles. The van der Waals surface area contributed by atoms with Gasteiger partial charge in [-0.3, -0.25) is 4.79 Å². The van der Waals surface area contributed by atoms with E-state index >= 15 is 0 Å². The average Bonchev–Trinajstić information content (AvgIpc) is 3.11. The lowest BCUT2D eigenvalue weighted by molar-refractivity contribution is -0.157. The highest BCUT2D eigenvalue weighted by atomic mass is 16.5. The first-order valence-electron chi connectivity index (χ1n) is 7.61. The lowest BCUT2D eigenvalue weighted by atomic mass is 9.98. The molecule has 2 heterocycles. The Balaban J connectivity index is 1.78. The van der Waals surface area contributed by atoms with Gasteiger partial charge in [-0.05, 0) is 54.8 Å². The molecular formula is C16H20N6O2. The first kappa shape index (κ1) is 16.0. The van der Waals surface area contributed by atoms with Crippen LogP contribution in [0.5, 0.6) is 0 Å².